The summed E-state index contributed by atoms with van der Waals surface area (Å²) < 4.78 is 1.67. The summed E-state index contributed by atoms with van der Waals surface area (Å²) in [6, 6.07) is 8.93. The summed E-state index contributed by atoms with van der Waals surface area (Å²) >= 11 is 0. The zero-order valence-corrected chi connectivity index (χ0v) is 11.3. The normalized spacial score (nSPS) is 28.5. The third-order valence-corrected chi connectivity index (χ3v) is 4.47. The van der Waals surface area contributed by atoms with E-state index in [-0.39, 0.29) is 0 Å². The Morgan fingerprint density at radius 2 is 1.95 bits per heavy atom. The van der Waals surface area contributed by atoms with E-state index in [1.807, 2.05) is 12.1 Å². The molecule has 6 heteroatoms. The van der Waals surface area contributed by atoms with Crippen LogP contribution in [0.1, 0.15) is 12.8 Å². The van der Waals surface area contributed by atoms with Gasteiger partial charge < -0.3 is 10.2 Å². The minimum atomic E-state index is 0.618. The van der Waals surface area contributed by atoms with Crippen molar-refractivity contribution >= 4 is 5.69 Å². The molecule has 4 rings (SSSR count). The zero-order chi connectivity index (χ0) is 13.4. The summed E-state index contributed by atoms with van der Waals surface area (Å²) in [6.07, 6.45) is 4.19. The second-order valence-electron chi connectivity index (χ2n) is 5.69. The van der Waals surface area contributed by atoms with Crippen molar-refractivity contribution in [3.63, 3.8) is 0 Å². The highest BCUT2D eigenvalue weighted by molar-refractivity contribution is 5.49. The number of hydrogen-bond donors (Lipinski definition) is 1. The van der Waals surface area contributed by atoms with Crippen LogP contribution in [-0.2, 0) is 0 Å². The highest BCUT2D eigenvalue weighted by Crippen LogP contribution is 2.29. The molecule has 0 amide bonds. The third kappa shape index (κ3) is 2.16. The minimum absolute atomic E-state index is 0.618. The lowest BCUT2D eigenvalue weighted by Gasteiger charge is -2.31. The maximum Gasteiger partial charge on any atom is 0.143 e. The molecule has 2 bridgehead atoms. The Bertz CT molecular complexity index is 564. The average molecular weight is 270 g/mol. The summed E-state index contributed by atoms with van der Waals surface area (Å²) in [5.41, 5.74) is 2.17. The molecule has 0 saturated carbocycles. The lowest BCUT2D eigenvalue weighted by atomic mass is 9.94. The topological polar surface area (TPSA) is 58.9 Å². The molecule has 104 valence electrons. The summed E-state index contributed by atoms with van der Waals surface area (Å²) in [6.45, 7) is 3.78. The fraction of sp³-hybridized carbons (Fsp3) is 0.500. The molecule has 2 aliphatic heterocycles. The van der Waals surface area contributed by atoms with Crippen LogP contribution in [0.5, 0.6) is 0 Å². The van der Waals surface area contributed by atoms with Crippen molar-refractivity contribution in [1.82, 2.24) is 25.1 Å². The minimum Gasteiger partial charge on any atom is -0.382 e. The predicted octanol–water partition coefficient (Wildman–Crippen LogP) is 1.17. The maximum absolute atomic E-state index is 3.89. The number of hydrogen-bond acceptors (Lipinski definition) is 5. The quantitative estimate of drug-likeness (QED) is 0.907. The molecule has 0 spiro atoms. The van der Waals surface area contributed by atoms with Crippen molar-refractivity contribution in [2.24, 2.45) is 5.92 Å². The second-order valence-corrected chi connectivity index (χ2v) is 5.69. The first-order valence-corrected chi connectivity index (χ1v) is 7.21. The summed E-state index contributed by atoms with van der Waals surface area (Å²) in [5.74, 6) is 0.808. The average Bonchev–Trinajstić information content (AvgIpc) is 3.14. The largest absolute Gasteiger partial charge is 0.382 e. The molecule has 2 aliphatic rings. The lowest BCUT2D eigenvalue weighted by Crippen LogP contribution is -2.39. The summed E-state index contributed by atoms with van der Waals surface area (Å²) in [7, 11) is 0. The molecule has 0 aliphatic carbocycles. The Balaban J connectivity index is 1.46. The molecule has 3 atom stereocenters. The Kier molecular flexibility index (Phi) is 2.88. The van der Waals surface area contributed by atoms with Crippen molar-refractivity contribution in [1.29, 1.82) is 0 Å². The van der Waals surface area contributed by atoms with E-state index in [1.165, 1.54) is 38.2 Å². The van der Waals surface area contributed by atoms with Gasteiger partial charge in [-0.3, -0.25) is 0 Å². The maximum atomic E-state index is 3.89. The van der Waals surface area contributed by atoms with Gasteiger partial charge in [-0.05, 0) is 60.0 Å². The summed E-state index contributed by atoms with van der Waals surface area (Å²) in [5, 5.41) is 14.9. The molecular weight excluding hydrogens is 252 g/mol. The fourth-order valence-electron chi connectivity index (χ4n) is 3.35. The molecule has 3 heterocycles. The number of benzene rings is 1. The standard InChI is InChI=1S/C14H18N6/c1-3-13(20-10-15-17-18-20)4-2-12(1)16-14-6-8-19-7-5-11(14)9-19/h1-4,10-11,14,16H,5-9H2. The van der Waals surface area contributed by atoms with Gasteiger partial charge in [-0.2, -0.15) is 0 Å². The van der Waals surface area contributed by atoms with E-state index in [2.05, 4.69) is 37.9 Å². The van der Waals surface area contributed by atoms with Gasteiger partial charge in [0, 0.05) is 24.8 Å². The first-order chi connectivity index (χ1) is 9.88. The third-order valence-electron chi connectivity index (χ3n) is 4.47. The van der Waals surface area contributed by atoms with Crippen LogP contribution in [0.15, 0.2) is 30.6 Å². The number of nitrogens with zero attached hydrogens (tertiary/aromatic N) is 5. The van der Waals surface area contributed by atoms with Gasteiger partial charge in [-0.25, -0.2) is 4.68 Å². The molecule has 3 unspecified atom stereocenters. The number of aromatic nitrogens is 4. The van der Waals surface area contributed by atoms with E-state index in [0.717, 1.165) is 11.6 Å². The fourth-order valence-corrected chi connectivity index (χ4v) is 3.35. The predicted molar refractivity (Wildman–Crippen MR) is 75.7 cm³/mol. The molecule has 2 saturated heterocycles. The number of nitrogens with one attached hydrogen (secondary N) is 1. The molecule has 1 aromatic heterocycles. The van der Waals surface area contributed by atoms with Gasteiger partial charge in [0.1, 0.15) is 6.33 Å². The van der Waals surface area contributed by atoms with Crippen LogP contribution < -0.4 is 5.32 Å². The number of rotatable bonds is 3. The van der Waals surface area contributed by atoms with Crippen molar-refractivity contribution in [2.75, 3.05) is 25.0 Å². The number of fused-ring (bicyclic) bond motifs is 2. The van der Waals surface area contributed by atoms with E-state index in [0.29, 0.717) is 6.04 Å². The lowest BCUT2D eigenvalue weighted by molar-refractivity contribution is 0.255. The van der Waals surface area contributed by atoms with Crippen LogP contribution in [0.2, 0.25) is 0 Å². The molecule has 2 fully saturated rings. The smallest absolute Gasteiger partial charge is 0.143 e. The van der Waals surface area contributed by atoms with E-state index in [4.69, 9.17) is 0 Å². The highest BCUT2D eigenvalue weighted by atomic mass is 15.5. The van der Waals surface area contributed by atoms with E-state index >= 15 is 0 Å². The monoisotopic (exact) mass is 270 g/mol. The highest BCUT2D eigenvalue weighted by Gasteiger charge is 2.33. The van der Waals surface area contributed by atoms with Gasteiger partial charge in [0.2, 0.25) is 0 Å². The molecule has 0 radical (unpaired) electrons. The van der Waals surface area contributed by atoms with Gasteiger partial charge in [0.25, 0.3) is 0 Å². The molecule has 2 aromatic rings. The Labute approximate surface area is 117 Å². The Morgan fingerprint density at radius 3 is 2.75 bits per heavy atom. The second kappa shape index (κ2) is 4.86. The van der Waals surface area contributed by atoms with Gasteiger partial charge >= 0.3 is 0 Å². The Hall–Kier alpha value is -1.95. The van der Waals surface area contributed by atoms with Gasteiger partial charge in [-0.1, -0.05) is 0 Å². The van der Waals surface area contributed by atoms with Crippen LogP contribution >= 0.6 is 0 Å². The Morgan fingerprint density at radius 1 is 1.10 bits per heavy atom. The van der Waals surface area contributed by atoms with Crippen molar-refractivity contribution in [3.05, 3.63) is 30.6 Å². The molecule has 6 nitrogen and oxygen atoms in total. The van der Waals surface area contributed by atoms with Crippen LogP contribution in [0, 0.1) is 5.92 Å². The van der Waals surface area contributed by atoms with Crippen LogP contribution in [0.3, 0.4) is 0 Å². The van der Waals surface area contributed by atoms with Crippen LogP contribution in [0.4, 0.5) is 5.69 Å². The van der Waals surface area contributed by atoms with E-state index in [9.17, 15) is 0 Å². The van der Waals surface area contributed by atoms with Crippen molar-refractivity contribution in [3.8, 4) is 5.69 Å². The van der Waals surface area contributed by atoms with Gasteiger partial charge in [-0.15, -0.1) is 5.10 Å². The van der Waals surface area contributed by atoms with Crippen LogP contribution in [0.25, 0.3) is 5.69 Å². The number of anilines is 1. The number of piperidine rings is 1. The number of tetrazole rings is 1. The van der Waals surface area contributed by atoms with Crippen molar-refractivity contribution in [2.45, 2.75) is 18.9 Å². The molecule has 20 heavy (non-hydrogen) atoms. The SMILES string of the molecule is c1cc(-n2cnnn2)ccc1NC1CCN2CCC1C2. The zero-order valence-electron chi connectivity index (χ0n) is 11.3. The van der Waals surface area contributed by atoms with Crippen LogP contribution in [-0.4, -0.2) is 50.8 Å². The first kappa shape index (κ1) is 11.8. The molecule has 1 aromatic carbocycles. The van der Waals surface area contributed by atoms with Gasteiger partial charge in [0.15, 0.2) is 0 Å². The molecule has 1 N–H and O–H groups in total. The van der Waals surface area contributed by atoms with Gasteiger partial charge in [0.05, 0.1) is 5.69 Å². The first-order valence-electron chi connectivity index (χ1n) is 7.21. The molecular formula is C14H18N6. The van der Waals surface area contributed by atoms with Crippen molar-refractivity contribution < 1.29 is 0 Å². The van der Waals surface area contributed by atoms with E-state index in [1.54, 1.807) is 11.0 Å². The summed E-state index contributed by atoms with van der Waals surface area (Å²) in [4.78, 5) is 2.57. The van der Waals surface area contributed by atoms with E-state index < -0.39 is 0 Å².